The van der Waals surface area contributed by atoms with Crippen molar-refractivity contribution >= 4 is 11.0 Å². The molecule has 0 unspecified atom stereocenters. The molecule has 14 heavy (non-hydrogen) atoms. The molecule has 0 fully saturated rings. The van der Waals surface area contributed by atoms with Crippen molar-refractivity contribution in [2.24, 2.45) is 0 Å². The molecule has 0 aliphatic heterocycles. The number of nitrogens with zero attached hydrogens (tertiary/aromatic N) is 1. The van der Waals surface area contributed by atoms with Crippen LogP contribution in [0.25, 0.3) is 11.0 Å². The van der Waals surface area contributed by atoms with Gasteiger partial charge in [-0.05, 0) is 37.0 Å². The van der Waals surface area contributed by atoms with Gasteiger partial charge in [0, 0.05) is 0 Å². The van der Waals surface area contributed by atoms with Crippen LogP contribution in [-0.4, -0.2) is 9.97 Å². The molecule has 74 valence electrons. The fraction of sp³-hybridized carbons (Fsp3) is 0.364. The predicted octanol–water partition coefficient (Wildman–Crippen LogP) is 2.88. The van der Waals surface area contributed by atoms with Gasteiger partial charge in [0.1, 0.15) is 5.52 Å². The van der Waals surface area contributed by atoms with E-state index in [0.717, 1.165) is 22.2 Å². The number of fused-ring (bicyclic) bond motifs is 1. The van der Waals surface area contributed by atoms with Gasteiger partial charge in [-0.25, -0.2) is 9.37 Å². The summed E-state index contributed by atoms with van der Waals surface area (Å²) in [6.45, 7) is 5.90. The van der Waals surface area contributed by atoms with E-state index < -0.39 is 0 Å². The molecule has 0 saturated heterocycles. The van der Waals surface area contributed by atoms with E-state index in [-0.39, 0.29) is 5.82 Å². The largest absolute Gasteiger partial charge is 0.342 e. The van der Waals surface area contributed by atoms with E-state index in [2.05, 4.69) is 9.97 Å². The number of aryl methyl sites for hydroxylation is 1. The predicted molar refractivity (Wildman–Crippen MR) is 54.9 cm³/mol. The monoisotopic (exact) mass is 192 g/mol. The number of rotatable bonds is 1. The first-order valence-electron chi connectivity index (χ1n) is 4.77. The zero-order valence-electron chi connectivity index (χ0n) is 8.61. The van der Waals surface area contributed by atoms with Crippen LogP contribution in [-0.2, 0) is 6.42 Å². The molecule has 1 aromatic carbocycles. The second-order valence-corrected chi connectivity index (χ2v) is 3.52. The summed E-state index contributed by atoms with van der Waals surface area (Å²) in [5.41, 5.74) is 4.16. The molecule has 1 N–H and O–H groups in total. The maximum Gasteiger partial charge on any atom is 0.152 e. The van der Waals surface area contributed by atoms with Crippen LogP contribution in [0.3, 0.4) is 0 Å². The molecular formula is C11H13FN2. The van der Waals surface area contributed by atoms with E-state index in [0.29, 0.717) is 11.9 Å². The Bertz CT molecular complexity index is 485. The van der Waals surface area contributed by atoms with Gasteiger partial charge in [0.15, 0.2) is 5.82 Å². The van der Waals surface area contributed by atoms with Crippen LogP contribution >= 0.6 is 0 Å². The van der Waals surface area contributed by atoms with Crippen LogP contribution in [0.5, 0.6) is 0 Å². The highest BCUT2D eigenvalue weighted by atomic mass is 19.1. The maximum absolute atomic E-state index is 13.9. The third-order valence-electron chi connectivity index (χ3n) is 2.85. The van der Waals surface area contributed by atoms with Gasteiger partial charge in [-0.15, -0.1) is 0 Å². The van der Waals surface area contributed by atoms with Crippen LogP contribution in [0.2, 0.25) is 0 Å². The Hall–Kier alpha value is -1.38. The smallest absolute Gasteiger partial charge is 0.152 e. The molecule has 0 spiro atoms. The number of benzene rings is 1. The average molecular weight is 192 g/mol. The number of nitrogens with one attached hydrogen (secondary N) is 1. The fourth-order valence-electron chi connectivity index (χ4n) is 1.89. The second-order valence-electron chi connectivity index (χ2n) is 3.52. The van der Waals surface area contributed by atoms with E-state index in [1.165, 1.54) is 0 Å². The lowest BCUT2D eigenvalue weighted by atomic mass is 9.99. The number of H-pyrrole nitrogens is 1. The van der Waals surface area contributed by atoms with Crippen LogP contribution in [0.15, 0.2) is 6.33 Å². The third-order valence-corrected chi connectivity index (χ3v) is 2.85. The highest BCUT2D eigenvalue weighted by molar-refractivity contribution is 5.81. The van der Waals surface area contributed by atoms with E-state index in [1.54, 1.807) is 6.33 Å². The van der Waals surface area contributed by atoms with Crippen molar-refractivity contribution in [3.8, 4) is 0 Å². The zero-order chi connectivity index (χ0) is 10.3. The molecule has 3 heteroatoms. The Morgan fingerprint density at radius 2 is 2.07 bits per heavy atom. The summed E-state index contributed by atoms with van der Waals surface area (Å²) in [5.74, 6) is -0.150. The molecule has 0 radical (unpaired) electrons. The van der Waals surface area contributed by atoms with Crippen molar-refractivity contribution in [3.05, 3.63) is 28.8 Å². The maximum atomic E-state index is 13.9. The molecule has 0 saturated carbocycles. The van der Waals surface area contributed by atoms with Crippen molar-refractivity contribution in [2.75, 3.05) is 0 Å². The highest BCUT2D eigenvalue weighted by Gasteiger charge is 2.14. The molecule has 2 rings (SSSR count). The minimum absolute atomic E-state index is 0.150. The first-order valence-corrected chi connectivity index (χ1v) is 4.77. The van der Waals surface area contributed by atoms with Gasteiger partial charge in [0.05, 0.1) is 11.8 Å². The number of hydrogen-bond donors (Lipinski definition) is 1. The molecule has 1 aromatic heterocycles. The summed E-state index contributed by atoms with van der Waals surface area (Å²) in [6.07, 6.45) is 2.26. The Labute approximate surface area is 82.2 Å². The van der Waals surface area contributed by atoms with Crippen molar-refractivity contribution < 1.29 is 4.39 Å². The summed E-state index contributed by atoms with van der Waals surface area (Å²) in [7, 11) is 0. The second kappa shape index (κ2) is 3.08. The summed E-state index contributed by atoms with van der Waals surface area (Å²) >= 11 is 0. The van der Waals surface area contributed by atoms with Crippen LogP contribution in [0, 0.1) is 19.7 Å². The topological polar surface area (TPSA) is 28.7 Å². The molecular weight excluding hydrogens is 179 g/mol. The van der Waals surface area contributed by atoms with Gasteiger partial charge in [-0.1, -0.05) is 6.92 Å². The third kappa shape index (κ3) is 1.05. The molecule has 2 aromatic rings. The lowest BCUT2D eigenvalue weighted by Crippen LogP contribution is -1.97. The number of hydrogen-bond acceptors (Lipinski definition) is 1. The van der Waals surface area contributed by atoms with Crippen LogP contribution in [0.1, 0.15) is 23.6 Å². The lowest BCUT2D eigenvalue weighted by molar-refractivity contribution is 0.619. The first-order chi connectivity index (χ1) is 6.66. The number of aromatic amines is 1. The fourth-order valence-corrected chi connectivity index (χ4v) is 1.89. The summed E-state index contributed by atoms with van der Waals surface area (Å²) in [6, 6.07) is 0. The molecule has 0 amide bonds. The molecule has 0 bridgehead atoms. The van der Waals surface area contributed by atoms with Gasteiger partial charge in [-0.3, -0.25) is 0 Å². The minimum Gasteiger partial charge on any atom is -0.342 e. The quantitative estimate of drug-likeness (QED) is 0.739. The van der Waals surface area contributed by atoms with Crippen LogP contribution < -0.4 is 0 Å². The van der Waals surface area contributed by atoms with Crippen molar-refractivity contribution in [3.63, 3.8) is 0 Å². The van der Waals surface area contributed by atoms with Crippen molar-refractivity contribution in [1.82, 2.24) is 9.97 Å². The van der Waals surface area contributed by atoms with E-state index >= 15 is 0 Å². The molecule has 2 nitrogen and oxygen atoms in total. The summed E-state index contributed by atoms with van der Waals surface area (Å²) in [5, 5.41) is 0. The van der Waals surface area contributed by atoms with Gasteiger partial charge < -0.3 is 4.98 Å². The van der Waals surface area contributed by atoms with Crippen LogP contribution in [0.4, 0.5) is 4.39 Å². The standard InChI is InChI=1S/C11H13FN2/c1-4-8-6(2)7(3)10-11(9(8)12)14-5-13-10/h5H,4H2,1-3H3,(H,13,14). The molecule has 1 heterocycles. The Balaban J connectivity index is 2.94. The average Bonchev–Trinajstić information content (AvgIpc) is 2.64. The Kier molecular flexibility index (Phi) is 2.02. The molecule has 0 atom stereocenters. The minimum atomic E-state index is -0.150. The van der Waals surface area contributed by atoms with E-state index in [4.69, 9.17) is 0 Å². The van der Waals surface area contributed by atoms with Crippen molar-refractivity contribution in [2.45, 2.75) is 27.2 Å². The van der Waals surface area contributed by atoms with Gasteiger partial charge >= 0.3 is 0 Å². The van der Waals surface area contributed by atoms with Crippen molar-refractivity contribution in [1.29, 1.82) is 0 Å². The Morgan fingerprint density at radius 3 is 2.71 bits per heavy atom. The SMILES string of the molecule is CCc1c(C)c(C)c2nc[nH]c2c1F. The van der Waals surface area contributed by atoms with E-state index in [9.17, 15) is 4.39 Å². The molecule has 0 aliphatic rings. The highest BCUT2D eigenvalue weighted by Crippen LogP contribution is 2.26. The summed E-state index contributed by atoms with van der Waals surface area (Å²) in [4.78, 5) is 6.96. The number of aromatic nitrogens is 2. The van der Waals surface area contributed by atoms with Gasteiger partial charge in [-0.2, -0.15) is 0 Å². The Morgan fingerprint density at radius 1 is 1.36 bits per heavy atom. The lowest BCUT2D eigenvalue weighted by Gasteiger charge is -2.09. The molecule has 0 aliphatic carbocycles. The normalized spacial score (nSPS) is 11.1. The summed E-state index contributed by atoms with van der Waals surface area (Å²) < 4.78 is 13.9. The van der Waals surface area contributed by atoms with Gasteiger partial charge in [0.2, 0.25) is 0 Å². The number of halogens is 1. The first kappa shape index (κ1) is 9.19. The van der Waals surface area contributed by atoms with E-state index in [1.807, 2.05) is 20.8 Å². The number of imidazole rings is 1. The van der Waals surface area contributed by atoms with Gasteiger partial charge in [0.25, 0.3) is 0 Å². The zero-order valence-corrected chi connectivity index (χ0v) is 8.61.